The third-order valence-corrected chi connectivity index (χ3v) is 5.79. The van der Waals surface area contributed by atoms with Crippen molar-refractivity contribution in [1.29, 1.82) is 0 Å². The number of hydrogen-bond acceptors (Lipinski definition) is 7. The summed E-state index contributed by atoms with van der Waals surface area (Å²) in [7, 11) is 0. The lowest BCUT2D eigenvalue weighted by molar-refractivity contribution is 0.0519. The Morgan fingerprint density at radius 1 is 1.03 bits per heavy atom. The van der Waals surface area contributed by atoms with Crippen LogP contribution in [0.5, 0.6) is 0 Å². The first-order valence-electron chi connectivity index (χ1n) is 10.5. The Balaban J connectivity index is 1.60. The molecule has 1 fully saturated rings. The highest BCUT2D eigenvalue weighted by Gasteiger charge is 2.28. The fourth-order valence-corrected chi connectivity index (χ4v) is 3.78. The smallest absolute Gasteiger partial charge is 0.360 e. The summed E-state index contributed by atoms with van der Waals surface area (Å²) in [6.07, 6.45) is 1.48. The van der Waals surface area contributed by atoms with E-state index >= 15 is 0 Å². The highest BCUT2D eigenvalue weighted by molar-refractivity contribution is 6.29. The van der Waals surface area contributed by atoms with Crippen LogP contribution in [0.1, 0.15) is 38.9 Å². The number of anilines is 1. The summed E-state index contributed by atoms with van der Waals surface area (Å²) >= 11 is 5.82. The van der Waals surface area contributed by atoms with Crippen LogP contribution in [0.4, 0.5) is 5.82 Å². The van der Waals surface area contributed by atoms with Gasteiger partial charge in [0.2, 0.25) is 0 Å². The first-order valence-corrected chi connectivity index (χ1v) is 10.9. The van der Waals surface area contributed by atoms with Gasteiger partial charge in [-0.2, -0.15) is 0 Å². The number of fused-ring (bicyclic) bond motifs is 1. The van der Waals surface area contributed by atoms with Crippen LogP contribution in [-0.4, -0.2) is 64.5 Å². The van der Waals surface area contributed by atoms with E-state index in [2.05, 4.69) is 9.97 Å². The van der Waals surface area contributed by atoms with Crippen molar-refractivity contribution in [2.24, 2.45) is 0 Å². The van der Waals surface area contributed by atoms with Gasteiger partial charge in [-0.15, -0.1) is 0 Å². The molecule has 1 saturated heterocycles. The molecule has 0 spiro atoms. The van der Waals surface area contributed by atoms with E-state index in [0.717, 1.165) is 16.6 Å². The summed E-state index contributed by atoms with van der Waals surface area (Å²) < 4.78 is 5.24. The van der Waals surface area contributed by atoms with Crippen molar-refractivity contribution in [3.05, 3.63) is 58.0 Å². The van der Waals surface area contributed by atoms with E-state index in [-0.39, 0.29) is 18.2 Å². The number of aryl methyl sites for hydroxylation is 2. The van der Waals surface area contributed by atoms with Crippen LogP contribution in [0.3, 0.4) is 0 Å². The van der Waals surface area contributed by atoms with Crippen molar-refractivity contribution in [2.45, 2.75) is 20.8 Å². The number of benzene rings is 1. The number of piperazine rings is 1. The maximum atomic E-state index is 12.8. The average Bonchev–Trinajstić information content (AvgIpc) is 2.79. The number of aromatic nitrogens is 3. The number of esters is 1. The molecule has 0 N–H and O–H groups in total. The van der Waals surface area contributed by atoms with E-state index in [1.807, 2.05) is 30.9 Å². The van der Waals surface area contributed by atoms with Crippen molar-refractivity contribution >= 4 is 40.3 Å². The van der Waals surface area contributed by atoms with Crippen LogP contribution < -0.4 is 4.90 Å². The standard InChI is InChI=1S/C23H24ClN5O3/c1-4-32-23(31)20-21(27-18-12-15(3)14(2)11-17(18)26-20)28-7-9-29(10-8-28)22(30)16-5-6-19(24)25-13-16/h5-6,11-13H,4,7-10H2,1-3H3. The fraction of sp³-hybridized carbons (Fsp3) is 0.348. The molecular weight excluding hydrogens is 430 g/mol. The highest BCUT2D eigenvalue weighted by atomic mass is 35.5. The van der Waals surface area contributed by atoms with Crippen molar-refractivity contribution in [3.63, 3.8) is 0 Å². The predicted molar refractivity (Wildman–Crippen MR) is 122 cm³/mol. The number of hydrogen-bond donors (Lipinski definition) is 0. The van der Waals surface area contributed by atoms with Crippen molar-refractivity contribution in [3.8, 4) is 0 Å². The maximum absolute atomic E-state index is 12.8. The number of pyridine rings is 1. The first-order chi connectivity index (χ1) is 15.4. The summed E-state index contributed by atoms with van der Waals surface area (Å²) in [5.74, 6) is -0.115. The number of halogens is 1. The number of ether oxygens (including phenoxy) is 1. The SMILES string of the molecule is CCOC(=O)c1nc2cc(C)c(C)cc2nc1N1CCN(C(=O)c2ccc(Cl)nc2)CC1. The van der Waals surface area contributed by atoms with Gasteiger partial charge >= 0.3 is 5.97 Å². The number of amides is 1. The summed E-state index contributed by atoms with van der Waals surface area (Å²) in [5, 5.41) is 0.346. The Kier molecular flexibility index (Phi) is 6.23. The molecular formula is C23H24ClN5O3. The molecule has 32 heavy (non-hydrogen) atoms. The number of nitrogens with zero attached hydrogens (tertiary/aromatic N) is 5. The van der Waals surface area contributed by atoms with E-state index < -0.39 is 5.97 Å². The van der Waals surface area contributed by atoms with Crippen LogP contribution in [-0.2, 0) is 4.74 Å². The van der Waals surface area contributed by atoms with Crippen molar-refractivity contribution < 1.29 is 14.3 Å². The molecule has 1 aliphatic rings. The largest absolute Gasteiger partial charge is 0.461 e. The van der Waals surface area contributed by atoms with Gasteiger partial charge < -0.3 is 14.5 Å². The van der Waals surface area contributed by atoms with Gasteiger partial charge in [-0.05, 0) is 56.2 Å². The summed E-state index contributed by atoms with van der Waals surface area (Å²) in [4.78, 5) is 42.5. The minimum Gasteiger partial charge on any atom is -0.461 e. The zero-order valence-electron chi connectivity index (χ0n) is 18.3. The Hall–Kier alpha value is -3.26. The molecule has 0 atom stereocenters. The molecule has 0 saturated carbocycles. The molecule has 1 amide bonds. The molecule has 3 heterocycles. The number of rotatable bonds is 4. The molecule has 1 aromatic carbocycles. The van der Waals surface area contributed by atoms with Gasteiger partial charge in [0.25, 0.3) is 5.91 Å². The van der Waals surface area contributed by atoms with Crippen LogP contribution >= 0.6 is 11.6 Å². The van der Waals surface area contributed by atoms with Crippen molar-refractivity contribution in [1.82, 2.24) is 19.9 Å². The van der Waals surface area contributed by atoms with E-state index in [1.165, 1.54) is 6.20 Å². The second-order valence-electron chi connectivity index (χ2n) is 7.69. The minimum atomic E-state index is -0.499. The molecule has 0 aliphatic carbocycles. The summed E-state index contributed by atoms with van der Waals surface area (Å²) in [5.41, 5.74) is 4.26. The van der Waals surface area contributed by atoms with Gasteiger partial charge in [0.05, 0.1) is 23.2 Å². The van der Waals surface area contributed by atoms with Crippen LogP contribution in [0.2, 0.25) is 5.15 Å². The van der Waals surface area contributed by atoms with Gasteiger partial charge in [-0.1, -0.05) is 11.6 Å². The molecule has 0 unspecified atom stereocenters. The third kappa shape index (κ3) is 4.36. The van der Waals surface area contributed by atoms with Crippen LogP contribution in [0.15, 0.2) is 30.5 Å². The summed E-state index contributed by atoms with van der Waals surface area (Å²) in [6, 6.07) is 7.18. The van der Waals surface area contributed by atoms with Crippen molar-refractivity contribution in [2.75, 3.05) is 37.7 Å². The molecule has 166 valence electrons. The van der Waals surface area contributed by atoms with Crippen LogP contribution in [0, 0.1) is 13.8 Å². The zero-order valence-corrected chi connectivity index (χ0v) is 19.0. The topological polar surface area (TPSA) is 88.5 Å². The van der Waals surface area contributed by atoms with Gasteiger partial charge in [0, 0.05) is 32.4 Å². The molecule has 3 aromatic rings. The molecule has 0 bridgehead atoms. The summed E-state index contributed by atoms with van der Waals surface area (Å²) in [6.45, 7) is 8.03. The minimum absolute atomic E-state index is 0.102. The Bertz CT molecular complexity index is 1170. The molecule has 0 radical (unpaired) electrons. The van der Waals surface area contributed by atoms with E-state index in [9.17, 15) is 9.59 Å². The highest BCUT2D eigenvalue weighted by Crippen LogP contribution is 2.25. The van der Waals surface area contributed by atoms with E-state index in [1.54, 1.807) is 24.0 Å². The number of carbonyl (C=O) groups excluding carboxylic acids is 2. The molecule has 9 heteroatoms. The lowest BCUT2D eigenvalue weighted by Crippen LogP contribution is -2.49. The lowest BCUT2D eigenvalue weighted by atomic mass is 10.1. The average molecular weight is 454 g/mol. The fourth-order valence-electron chi connectivity index (χ4n) is 3.67. The third-order valence-electron chi connectivity index (χ3n) is 5.57. The Morgan fingerprint density at radius 2 is 1.69 bits per heavy atom. The van der Waals surface area contributed by atoms with E-state index in [4.69, 9.17) is 21.3 Å². The van der Waals surface area contributed by atoms with Gasteiger partial charge in [-0.3, -0.25) is 4.79 Å². The molecule has 8 nitrogen and oxygen atoms in total. The van der Waals surface area contributed by atoms with Gasteiger partial charge in [-0.25, -0.2) is 19.7 Å². The monoisotopic (exact) mass is 453 g/mol. The lowest BCUT2D eigenvalue weighted by Gasteiger charge is -2.35. The molecule has 4 rings (SSSR count). The van der Waals surface area contributed by atoms with E-state index in [0.29, 0.717) is 48.2 Å². The van der Waals surface area contributed by atoms with Crippen LogP contribution in [0.25, 0.3) is 11.0 Å². The molecule has 2 aromatic heterocycles. The van der Waals surface area contributed by atoms with Gasteiger partial charge in [0.1, 0.15) is 5.15 Å². The second kappa shape index (κ2) is 9.08. The number of carbonyl (C=O) groups is 2. The Labute approximate surface area is 191 Å². The molecule has 1 aliphatic heterocycles. The normalized spacial score (nSPS) is 14.0. The van der Waals surface area contributed by atoms with Gasteiger partial charge in [0.15, 0.2) is 11.5 Å². The zero-order chi connectivity index (χ0) is 22.8. The second-order valence-corrected chi connectivity index (χ2v) is 8.08. The first kappa shape index (κ1) is 22.0. The quantitative estimate of drug-likeness (QED) is 0.441. The predicted octanol–water partition coefficient (Wildman–Crippen LogP) is 3.43. The maximum Gasteiger partial charge on any atom is 0.360 e. The Morgan fingerprint density at radius 3 is 2.28 bits per heavy atom.